The molecule has 2 aromatic rings. The average molecular weight is 408 g/mol. The van der Waals surface area contributed by atoms with Gasteiger partial charge in [0.15, 0.2) is 0 Å². The van der Waals surface area contributed by atoms with Crippen LogP contribution in [0.4, 0.5) is 5.69 Å². The van der Waals surface area contributed by atoms with E-state index in [1.165, 1.54) is 0 Å². The number of hydrogen-bond donors (Lipinski definition) is 1. The molecule has 0 radical (unpaired) electrons. The minimum absolute atomic E-state index is 0.0833. The van der Waals surface area contributed by atoms with E-state index in [9.17, 15) is 4.79 Å². The maximum atomic E-state index is 12.3. The number of carbonyl (C=O) groups is 1. The number of para-hydroxylation sites is 1. The smallest absolute Gasteiger partial charge is 0.238 e. The minimum atomic E-state index is -0.0833. The molecule has 2 aromatic carbocycles. The highest BCUT2D eigenvalue weighted by Gasteiger charge is 2.19. The largest absolute Gasteiger partial charge is 0.492 e. The fourth-order valence-electron chi connectivity index (χ4n) is 2.97. The summed E-state index contributed by atoms with van der Waals surface area (Å²) in [5, 5.41) is 3.63. The fourth-order valence-corrected chi connectivity index (χ4v) is 3.32. The zero-order valence-corrected chi connectivity index (χ0v) is 16.5. The fraction of sp³-hybridized carbons (Fsp3) is 0.350. The van der Waals surface area contributed by atoms with E-state index < -0.39 is 0 Å². The lowest BCUT2D eigenvalue weighted by atomic mass is 10.3. The zero-order chi connectivity index (χ0) is 19.1. The summed E-state index contributed by atoms with van der Waals surface area (Å²) in [6.07, 6.45) is 0. The standard InChI is InChI=1S/C20H23Cl2N3O2/c21-17-7-4-8-18(20(17)22)23-19(26)15-25-11-9-24(10-12-25)13-14-27-16-5-2-1-3-6-16/h1-8H,9-15H2,(H,23,26). The highest BCUT2D eigenvalue weighted by molar-refractivity contribution is 6.43. The Morgan fingerprint density at radius 1 is 0.963 bits per heavy atom. The molecule has 0 saturated carbocycles. The minimum Gasteiger partial charge on any atom is -0.492 e. The third kappa shape index (κ3) is 6.11. The number of piperazine rings is 1. The second-order valence-corrected chi connectivity index (χ2v) is 7.21. The van der Waals surface area contributed by atoms with E-state index >= 15 is 0 Å². The van der Waals surface area contributed by atoms with E-state index in [-0.39, 0.29) is 5.91 Å². The van der Waals surface area contributed by atoms with Gasteiger partial charge in [0, 0.05) is 32.7 Å². The van der Waals surface area contributed by atoms with E-state index in [1.807, 2.05) is 30.3 Å². The van der Waals surface area contributed by atoms with Crippen LogP contribution in [0.15, 0.2) is 48.5 Å². The number of halogens is 2. The summed E-state index contributed by atoms with van der Waals surface area (Å²) >= 11 is 12.1. The van der Waals surface area contributed by atoms with Gasteiger partial charge in [-0.25, -0.2) is 0 Å². The van der Waals surface area contributed by atoms with Crippen LogP contribution in [0.25, 0.3) is 0 Å². The summed E-state index contributed by atoms with van der Waals surface area (Å²) < 4.78 is 5.74. The number of rotatable bonds is 7. The van der Waals surface area contributed by atoms with Crippen LogP contribution in [0, 0.1) is 0 Å². The molecular formula is C20H23Cl2N3O2. The summed E-state index contributed by atoms with van der Waals surface area (Å²) in [5.41, 5.74) is 0.547. The first kappa shape index (κ1) is 20.0. The monoisotopic (exact) mass is 407 g/mol. The van der Waals surface area contributed by atoms with Crippen molar-refractivity contribution >= 4 is 34.8 Å². The van der Waals surface area contributed by atoms with Crippen molar-refractivity contribution in [2.45, 2.75) is 0 Å². The molecule has 27 heavy (non-hydrogen) atoms. The maximum absolute atomic E-state index is 12.3. The van der Waals surface area contributed by atoms with Crippen LogP contribution < -0.4 is 10.1 Å². The van der Waals surface area contributed by atoms with Gasteiger partial charge in [-0.3, -0.25) is 14.6 Å². The molecule has 1 heterocycles. The summed E-state index contributed by atoms with van der Waals surface area (Å²) in [4.78, 5) is 16.8. The van der Waals surface area contributed by atoms with E-state index in [4.69, 9.17) is 27.9 Å². The van der Waals surface area contributed by atoms with Crippen LogP contribution in [-0.2, 0) is 4.79 Å². The van der Waals surface area contributed by atoms with Crippen LogP contribution in [0.3, 0.4) is 0 Å². The third-order valence-electron chi connectivity index (χ3n) is 4.48. The number of anilines is 1. The van der Waals surface area contributed by atoms with Gasteiger partial charge in [0.05, 0.1) is 22.3 Å². The Bertz CT molecular complexity index is 750. The van der Waals surface area contributed by atoms with Crippen molar-refractivity contribution in [2.75, 3.05) is 51.2 Å². The number of ether oxygens (including phenoxy) is 1. The highest BCUT2D eigenvalue weighted by atomic mass is 35.5. The predicted octanol–water partition coefficient (Wildman–Crippen LogP) is 3.63. The van der Waals surface area contributed by atoms with Crippen molar-refractivity contribution in [1.82, 2.24) is 9.80 Å². The van der Waals surface area contributed by atoms with Crippen LogP contribution in [0.2, 0.25) is 10.0 Å². The van der Waals surface area contributed by atoms with Crippen LogP contribution >= 0.6 is 23.2 Å². The summed E-state index contributed by atoms with van der Waals surface area (Å²) in [5.74, 6) is 0.813. The molecule has 1 fully saturated rings. The van der Waals surface area contributed by atoms with Crippen molar-refractivity contribution in [3.05, 3.63) is 58.6 Å². The summed E-state index contributed by atoms with van der Waals surface area (Å²) in [6.45, 7) is 5.43. The second-order valence-electron chi connectivity index (χ2n) is 6.43. The van der Waals surface area contributed by atoms with E-state index in [0.29, 0.717) is 28.9 Å². The lowest BCUT2D eigenvalue weighted by Gasteiger charge is -2.34. The molecule has 1 aliphatic rings. The Morgan fingerprint density at radius 3 is 2.41 bits per heavy atom. The topological polar surface area (TPSA) is 44.8 Å². The Labute approximate surface area is 169 Å². The number of nitrogens with one attached hydrogen (secondary N) is 1. The van der Waals surface area contributed by atoms with E-state index in [1.54, 1.807) is 18.2 Å². The van der Waals surface area contributed by atoms with Crippen molar-refractivity contribution in [1.29, 1.82) is 0 Å². The molecule has 0 atom stereocenters. The van der Waals surface area contributed by atoms with Crippen LogP contribution in [0.5, 0.6) is 5.75 Å². The Kier molecular flexibility index (Phi) is 7.35. The molecule has 0 aromatic heterocycles. The molecule has 3 rings (SSSR count). The van der Waals surface area contributed by atoms with Gasteiger partial charge in [0.1, 0.15) is 12.4 Å². The number of amides is 1. The predicted molar refractivity (Wildman–Crippen MR) is 110 cm³/mol. The first-order chi connectivity index (χ1) is 13.1. The van der Waals surface area contributed by atoms with Gasteiger partial charge in [0.2, 0.25) is 5.91 Å². The zero-order valence-electron chi connectivity index (χ0n) is 15.0. The molecule has 1 aliphatic heterocycles. The van der Waals surface area contributed by atoms with Gasteiger partial charge in [-0.15, -0.1) is 0 Å². The molecule has 0 aliphatic carbocycles. The van der Waals surface area contributed by atoms with Gasteiger partial charge in [-0.1, -0.05) is 47.5 Å². The van der Waals surface area contributed by atoms with E-state index in [2.05, 4.69) is 15.1 Å². The van der Waals surface area contributed by atoms with Crippen molar-refractivity contribution < 1.29 is 9.53 Å². The van der Waals surface area contributed by atoms with Crippen LogP contribution in [-0.4, -0.2) is 61.6 Å². The number of hydrogen-bond acceptors (Lipinski definition) is 4. The Hall–Kier alpha value is -1.79. The normalized spacial score (nSPS) is 15.5. The first-order valence-electron chi connectivity index (χ1n) is 8.98. The molecule has 5 nitrogen and oxygen atoms in total. The van der Waals surface area contributed by atoms with Gasteiger partial charge < -0.3 is 10.1 Å². The molecule has 1 N–H and O–H groups in total. The first-order valence-corrected chi connectivity index (χ1v) is 9.74. The molecule has 144 valence electrons. The summed E-state index contributed by atoms with van der Waals surface area (Å²) in [6, 6.07) is 15.0. The molecule has 0 spiro atoms. The van der Waals surface area contributed by atoms with Crippen molar-refractivity contribution in [3.8, 4) is 5.75 Å². The maximum Gasteiger partial charge on any atom is 0.238 e. The Balaban J connectivity index is 1.36. The molecule has 0 unspecified atom stereocenters. The molecule has 0 bridgehead atoms. The quantitative estimate of drug-likeness (QED) is 0.760. The van der Waals surface area contributed by atoms with Crippen molar-refractivity contribution in [2.24, 2.45) is 0 Å². The number of benzene rings is 2. The number of carbonyl (C=O) groups excluding carboxylic acids is 1. The van der Waals surface area contributed by atoms with E-state index in [0.717, 1.165) is 38.5 Å². The molecule has 7 heteroatoms. The lowest BCUT2D eigenvalue weighted by Crippen LogP contribution is -2.49. The Morgan fingerprint density at radius 2 is 1.67 bits per heavy atom. The SMILES string of the molecule is O=C(CN1CCN(CCOc2ccccc2)CC1)Nc1cccc(Cl)c1Cl. The molecule has 1 saturated heterocycles. The third-order valence-corrected chi connectivity index (χ3v) is 5.30. The van der Waals surface area contributed by atoms with Gasteiger partial charge in [-0.2, -0.15) is 0 Å². The average Bonchev–Trinajstić information content (AvgIpc) is 2.68. The summed E-state index contributed by atoms with van der Waals surface area (Å²) in [7, 11) is 0. The number of nitrogens with zero attached hydrogens (tertiary/aromatic N) is 2. The van der Waals surface area contributed by atoms with Crippen molar-refractivity contribution in [3.63, 3.8) is 0 Å². The second kappa shape index (κ2) is 9.95. The van der Waals surface area contributed by atoms with Crippen LogP contribution in [0.1, 0.15) is 0 Å². The van der Waals surface area contributed by atoms with Gasteiger partial charge >= 0.3 is 0 Å². The lowest BCUT2D eigenvalue weighted by molar-refractivity contribution is -0.117. The molecular weight excluding hydrogens is 385 g/mol. The van der Waals surface area contributed by atoms with Gasteiger partial charge in [0.25, 0.3) is 0 Å². The molecule has 1 amide bonds. The highest BCUT2D eigenvalue weighted by Crippen LogP contribution is 2.29. The van der Waals surface area contributed by atoms with Gasteiger partial charge in [-0.05, 0) is 24.3 Å².